The van der Waals surface area contributed by atoms with E-state index in [-0.39, 0.29) is 18.2 Å². The van der Waals surface area contributed by atoms with Crippen molar-refractivity contribution in [3.05, 3.63) is 83.4 Å². The second kappa shape index (κ2) is 12.0. The molecule has 2 amide bonds. The topological polar surface area (TPSA) is 80.2 Å². The number of hydrogen-bond acceptors (Lipinski definition) is 6. The van der Waals surface area contributed by atoms with Gasteiger partial charge in [-0.3, -0.25) is 14.5 Å². The molecule has 36 heavy (non-hydrogen) atoms. The van der Waals surface area contributed by atoms with Gasteiger partial charge in [-0.1, -0.05) is 35.5 Å². The molecule has 1 unspecified atom stereocenters. The Labute approximate surface area is 219 Å². The van der Waals surface area contributed by atoms with Gasteiger partial charge in [-0.2, -0.15) is 0 Å². The van der Waals surface area contributed by atoms with Crippen LogP contribution in [0.25, 0.3) is 0 Å². The molecule has 1 N–H and O–H groups in total. The largest absolute Gasteiger partial charge is 0.497 e. The Morgan fingerprint density at radius 1 is 1.06 bits per heavy atom. The molecule has 1 fully saturated rings. The summed E-state index contributed by atoms with van der Waals surface area (Å²) in [6, 6.07) is 21.7. The van der Waals surface area contributed by atoms with E-state index in [9.17, 15) is 9.59 Å². The number of aliphatic imine (C=N–C) groups is 1. The molecule has 1 saturated heterocycles. The van der Waals surface area contributed by atoms with Gasteiger partial charge in [0.2, 0.25) is 11.8 Å². The Hall–Kier alpha value is -3.49. The molecule has 0 bridgehead atoms. The first kappa shape index (κ1) is 25.6. The van der Waals surface area contributed by atoms with Crippen LogP contribution in [-0.4, -0.2) is 40.8 Å². The van der Waals surface area contributed by atoms with Gasteiger partial charge < -0.3 is 14.8 Å². The van der Waals surface area contributed by atoms with Crippen LogP contribution in [0.3, 0.4) is 0 Å². The number of ether oxygens (including phenoxy) is 2. The summed E-state index contributed by atoms with van der Waals surface area (Å²) >= 11 is 7.29. The van der Waals surface area contributed by atoms with E-state index in [1.807, 2.05) is 31.2 Å². The number of carbonyl (C=O) groups is 2. The molecule has 1 aliphatic rings. The molecule has 1 aliphatic heterocycles. The number of thioether (sulfide) groups is 1. The number of rotatable bonds is 8. The summed E-state index contributed by atoms with van der Waals surface area (Å²) in [4.78, 5) is 32.6. The van der Waals surface area contributed by atoms with Crippen LogP contribution >= 0.6 is 23.4 Å². The summed E-state index contributed by atoms with van der Waals surface area (Å²) in [7, 11) is 1.61. The number of methoxy groups -OCH3 is 1. The van der Waals surface area contributed by atoms with E-state index in [4.69, 9.17) is 26.1 Å². The highest BCUT2D eigenvalue weighted by Gasteiger charge is 2.36. The lowest BCUT2D eigenvalue weighted by molar-refractivity contribution is -0.129. The van der Waals surface area contributed by atoms with Gasteiger partial charge in [0.1, 0.15) is 16.7 Å². The highest BCUT2D eigenvalue weighted by Crippen LogP contribution is 2.31. The molecule has 9 heteroatoms. The molecule has 3 aromatic rings. The maximum absolute atomic E-state index is 13.2. The Morgan fingerprint density at radius 3 is 2.36 bits per heavy atom. The molecule has 7 nitrogen and oxygen atoms in total. The van der Waals surface area contributed by atoms with Gasteiger partial charge >= 0.3 is 0 Å². The molecule has 1 heterocycles. The lowest BCUT2D eigenvalue weighted by Gasteiger charge is -2.32. The minimum atomic E-state index is -0.623. The summed E-state index contributed by atoms with van der Waals surface area (Å²) in [6.45, 7) is 2.80. The number of amidine groups is 1. The van der Waals surface area contributed by atoms with Crippen LogP contribution in [0.4, 0.5) is 11.4 Å². The molecule has 1 atom stereocenters. The third-order valence-electron chi connectivity index (χ3n) is 5.42. The number of nitrogens with one attached hydrogen (secondary N) is 1. The normalized spacial score (nSPS) is 16.6. The second-order valence-electron chi connectivity index (χ2n) is 7.96. The lowest BCUT2D eigenvalue weighted by Crippen LogP contribution is -2.44. The second-order valence-corrected chi connectivity index (χ2v) is 9.56. The average Bonchev–Trinajstić information content (AvgIpc) is 2.89. The highest BCUT2D eigenvalue weighted by atomic mass is 35.5. The molecular formula is C27H26ClN3O4S. The van der Waals surface area contributed by atoms with Crippen molar-refractivity contribution in [2.24, 2.45) is 4.99 Å². The number of halogens is 1. The average molecular weight is 524 g/mol. The van der Waals surface area contributed by atoms with Crippen LogP contribution in [0.5, 0.6) is 11.5 Å². The maximum Gasteiger partial charge on any atom is 0.238 e. The maximum atomic E-state index is 13.2. The van der Waals surface area contributed by atoms with Crippen molar-refractivity contribution < 1.29 is 19.1 Å². The van der Waals surface area contributed by atoms with E-state index in [1.165, 1.54) is 11.8 Å². The minimum Gasteiger partial charge on any atom is -0.497 e. The van der Waals surface area contributed by atoms with Crippen molar-refractivity contribution >= 4 is 51.7 Å². The smallest absolute Gasteiger partial charge is 0.238 e. The first-order chi connectivity index (χ1) is 17.4. The molecule has 3 aromatic carbocycles. The zero-order chi connectivity index (χ0) is 25.5. The van der Waals surface area contributed by atoms with E-state index in [0.29, 0.717) is 34.7 Å². The molecule has 0 spiro atoms. The zero-order valence-corrected chi connectivity index (χ0v) is 21.5. The van der Waals surface area contributed by atoms with Crippen LogP contribution in [-0.2, 0) is 16.1 Å². The molecular weight excluding hydrogens is 498 g/mol. The Bertz CT molecular complexity index is 1230. The van der Waals surface area contributed by atoms with Crippen molar-refractivity contribution in [3.63, 3.8) is 0 Å². The molecule has 0 saturated carbocycles. The third kappa shape index (κ3) is 6.59. The highest BCUT2D eigenvalue weighted by molar-refractivity contribution is 8.15. The Morgan fingerprint density at radius 2 is 1.72 bits per heavy atom. The summed E-state index contributed by atoms with van der Waals surface area (Å²) in [5.74, 6) is 1.03. The monoisotopic (exact) mass is 523 g/mol. The van der Waals surface area contributed by atoms with Crippen molar-refractivity contribution in [1.82, 2.24) is 4.90 Å². The van der Waals surface area contributed by atoms with Gasteiger partial charge in [0, 0.05) is 17.1 Å². The van der Waals surface area contributed by atoms with Crippen molar-refractivity contribution in [2.45, 2.75) is 25.1 Å². The minimum absolute atomic E-state index is 0.0589. The number of benzene rings is 3. The van der Waals surface area contributed by atoms with Crippen molar-refractivity contribution in [3.8, 4) is 11.5 Å². The number of amides is 2. The molecule has 186 valence electrons. The van der Waals surface area contributed by atoms with Crippen molar-refractivity contribution in [2.75, 3.05) is 19.0 Å². The number of hydrogen-bond donors (Lipinski definition) is 1. The Balaban J connectivity index is 1.55. The summed E-state index contributed by atoms with van der Waals surface area (Å²) in [6.07, 6.45) is 0.0589. The lowest BCUT2D eigenvalue weighted by atomic mass is 10.2. The Kier molecular flexibility index (Phi) is 8.51. The molecule has 0 aliphatic carbocycles. The van der Waals surface area contributed by atoms with Crippen LogP contribution in [0, 0.1) is 0 Å². The molecule has 4 rings (SSSR count). The van der Waals surface area contributed by atoms with Crippen LogP contribution in [0.15, 0.2) is 77.8 Å². The van der Waals surface area contributed by atoms with Gasteiger partial charge in [0.25, 0.3) is 0 Å². The quantitative estimate of drug-likeness (QED) is 0.397. The van der Waals surface area contributed by atoms with Crippen LogP contribution in [0.1, 0.15) is 18.9 Å². The summed E-state index contributed by atoms with van der Waals surface area (Å²) < 4.78 is 10.7. The van der Waals surface area contributed by atoms with Gasteiger partial charge in [-0.25, -0.2) is 4.99 Å². The standard InChI is InChI=1S/C27H26ClN3O4S/c1-3-35-23-14-10-20(11-15-23)29-26(33)24-16-25(32)31(17-18-4-12-22(34-2)13-5-18)27(36-24)30-21-8-6-19(28)7-9-21/h4-15,24H,3,16-17H2,1-2H3,(H,29,33). The first-order valence-electron chi connectivity index (χ1n) is 11.4. The van der Waals surface area contributed by atoms with E-state index in [1.54, 1.807) is 60.5 Å². The third-order valence-corrected chi connectivity index (χ3v) is 6.86. The SMILES string of the molecule is CCOc1ccc(NC(=O)C2CC(=O)N(Cc3ccc(OC)cc3)C(=Nc3ccc(Cl)cc3)S2)cc1. The van der Waals surface area contributed by atoms with Crippen molar-refractivity contribution in [1.29, 1.82) is 0 Å². The fourth-order valence-corrected chi connectivity index (χ4v) is 4.78. The van der Waals surface area contributed by atoms with Gasteiger partial charge in [-0.05, 0) is 73.2 Å². The van der Waals surface area contributed by atoms with Crippen LogP contribution in [0.2, 0.25) is 5.02 Å². The van der Waals surface area contributed by atoms with E-state index >= 15 is 0 Å². The predicted octanol–water partition coefficient (Wildman–Crippen LogP) is 5.91. The first-order valence-corrected chi connectivity index (χ1v) is 12.7. The zero-order valence-electron chi connectivity index (χ0n) is 19.9. The van der Waals surface area contributed by atoms with E-state index in [2.05, 4.69) is 5.32 Å². The summed E-state index contributed by atoms with van der Waals surface area (Å²) in [5, 5.41) is 3.32. The number of nitrogens with zero attached hydrogens (tertiary/aromatic N) is 2. The molecule has 0 aromatic heterocycles. The number of anilines is 1. The van der Waals surface area contributed by atoms with Gasteiger partial charge in [0.15, 0.2) is 5.17 Å². The fourth-order valence-electron chi connectivity index (χ4n) is 3.56. The summed E-state index contributed by atoms with van der Waals surface area (Å²) in [5.41, 5.74) is 2.20. The van der Waals surface area contributed by atoms with E-state index < -0.39 is 5.25 Å². The fraction of sp³-hybridized carbons (Fsp3) is 0.222. The van der Waals surface area contributed by atoms with Crippen LogP contribution < -0.4 is 14.8 Å². The molecule has 0 radical (unpaired) electrons. The number of carbonyl (C=O) groups excluding carboxylic acids is 2. The predicted molar refractivity (Wildman–Crippen MR) is 144 cm³/mol. The van der Waals surface area contributed by atoms with Gasteiger partial charge in [0.05, 0.1) is 25.9 Å². The van der Waals surface area contributed by atoms with Gasteiger partial charge in [-0.15, -0.1) is 0 Å². The van der Waals surface area contributed by atoms with E-state index in [0.717, 1.165) is 17.1 Å².